The summed E-state index contributed by atoms with van der Waals surface area (Å²) in [5.74, 6) is 5.22. The average Bonchev–Trinajstić information content (AvgIpc) is 2.73. The first kappa shape index (κ1) is 15.2. The molecule has 1 unspecified atom stereocenters. The highest BCUT2D eigenvalue weighted by Crippen LogP contribution is 2.36. The molecule has 0 aliphatic heterocycles. The zero-order chi connectivity index (χ0) is 14.9. The van der Waals surface area contributed by atoms with Crippen LogP contribution in [0.3, 0.4) is 0 Å². The van der Waals surface area contributed by atoms with Crippen LogP contribution in [0.4, 0.5) is 0 Å². The lowest BCUT2D eigenvalue weighted by Crippen LogP contribution is -2.39. The minimum Gasteiger partial charge on any atom is -0.447 e. The Balaban J connectivity index is 2.45. The predicted octanol–water partition coefficient (Wildman–Crippen LogP) is 2.52. The Morgan fingerprint density at radius 1 is 1.20 bits per heavy atom. The van der Waals surface area contributed by atoms with E-state index in [-0.39, 0.29) is 15.8 Å². The second-order valence-electron chi connectivity index (χ2n) is 4.33. The number of benzene rings is 1. The maximum Gasteiger partial charge on any atom is 0.269 e. The molecule has 1 atom stereocenters. The van der Waals surface area contributed by atoms with Crippen molar-refractivity contribution in [2.45, 2.75) is 20.3 Å². The summed E-state index contributed by atoms with van der Waals surface area (Å²) in [5.41, 5.74) is 4.98. The van der Waals surface area contributed by atoms with Gasteiger partial charge in [-0.3, -0.25) is 5.84 Å². The third-order valence-electron chi connectivity index (χ3n) is 2.88. The number of nitrogens with zero attached hydrogens (tertiary/aromatic N) is 1. The zero-order valence-electron chi connectivity index (χ0n) is 11.0. The van der Waals surface area contributed by atoms with E-state index >= 15 is 0 Å². The van der Waals surface area contributed by atoms with Crippen molar-refractivity contribution in [3.8, 4) is 11.4 Å². The molecule has 5 nitrogen and oxygen atoms in total. The third kappa shape index (κ3) is 2.92. The van der Waals surface area contributed by atoms with Crippen LogP contribution < -0.4 is 16.0 Å². The van der Waals surface area contributed by atoms with Gasteiger partial charge in [-0.1, -0.05) is 23.2 Å². The van der Waals surface area contributed by atoms with Crippen LogP contribution in [0.15, 0.2) is 24.3 Å². The summed E-state index contributed by atoms with van der Waals surface area (Å²) in [6.07, 6.45) is -1.38. The monoisotopic (exact) mass is 315 g/mol. The van der Waals surface area contributed by atoms with E-state index in [1.54, 1.807) is 12.1 Å². The largest absolute Gasteiger partial charge is 0.447 e. The Labute approximate surface area is 126 Å². The average molecular weight is 316 g/mol. The molecule has 1 heterocycles. The summed E-state index contributed by atoms with van der Waals surface area (Å²) in [6.45, 7) is 3.97. The van der Waals surface area contributed by atoms with Gasteiger partial charge >= 0.3 is 0 Å². The molecule has 1 aromatic carbocycles. The van der Waals surface area contributed by atoms with Crippen LogP contribution in [0.1, 0.15) is 11.4 Å². The molecule has 0 radical (unpaired) electrons. The third-order valence-corrected chi connectivity index (χ3v) is 3.45. The van der Waals surface area contributed by atoms with Crippen molar-refractivity contribution in [3.05, 3.63) is 45.7 Å². The van der Waals surface area contributed by atoms with Crippen molar-refractivity contribution in [1.82, 2.24) is 9.99 Å². The molecule has 0 saturated heterocycles. The van der Waals surface area contributed by atoms with Crippen LogP contribution in [0.5, 0.6) is 5.75 Å². The first-order chi connectivity index (χ1) is 9.43. The van der Waals surface area contributed by atoms with Crippen LogP contribution in [-0.2, 0) is 0 Å². The summed E-state index contributed by atoms with van der Waals surface area (Å²) < 4.78 is 7.12. The molecular weight excluding hydrogens is 301 g/mol. The Morgan fingerprint density at radius 3 is 2.15 bits per heavy atom. The molecule has 4 N–H and O–H groups in total. The van der Waals surface area contributed by atoms with Crippen LogP contribution in [0.2, 0.25) is 10.0 Å². The van der Waals surface area contributed by atoms with Crippen molar-refractivity contribution >= 4 is 23.2 Å². The molecule has 0 fully saturated rings. The molecular formula is C13H15Cl2N3O2. The SMILES string of the molecule is Cc1ccc(C)n1-c1cc(Cl)c(OC(O)NN)c(Cl)c1. The lowest BCUT2D eigenvalue weighted by atomic mass is 10.2. The second kappa shape index (κ2) is 6.03. The second-order valence-corrected chi connectivity index (χ2v) is 5.14. The van der Waals surface area contributed by atoms with Crippen molar-refractivity contribution in [2.24, 2.45) is 5.84 Å². The van der Waals surface area contributed by atoms with Crippen LogP contribution in [0, 0.1) is 13.8 Å². The van der Waals surface area contributed by atoms with E-state index in [2.05, 4.69) is 0 Å². The topological polar surface area (TPSA) is 72.4 Å². The van der Waals surface area contributed by atoms with Gasteiger partial charge in [0.25, 0.3) is 6.41 Å². The lowest BCUT2D eigenvalue weighted by molar-refractivity contribution is -0.0437. The smallest absolute Gasteiger partial charge is 0.269 e. The Kier molecular flexibility index (Phi) is 4.57. The summed E-state index contributed by atoms with van der Waals surface area (Å²) in [5, 5.41) is 9.89. The number of aliphatic hydroxyl groups excluding tert-OH is 1. The van der Waals surface area contributed by atoms with Gasteiger partial charge in [0.2, 0.25) is 0 Å². The van der Waals surface area contributed by atoms with Gasteiger partial charge in [-0.05, 0) is 38.1 Å². The van der Waals surface area contributed by atoms with Gasteiger partial charge in [-0.25, -0.2) is 0 Å². The number of hydrazine groups is 1. The predicted molar refractivity (Wildman–Crippen MR) is 79.2 cm³/mol. The molecule has 0 spiro atoms. The molecule has 0 amide bonds. The minimum absolute atomic E-state index is 0.171. The highest BCUT2D eigenvalue weighted by atomic mass is 35.5. The van der Waals surface area contributed by atoms with Crippen molar-refractivity contribution in [1.29, 1.82) is 0 Å². The number of hydrogen-bond donors (Lipinski definition) is 3. The molecule has 7 heteroatoms. The fourth-order valence-corrected chi connectivity index (χ4v) is 2.57. The zero-order valence-corrected chi connectivity index (χ0v) is 12.5. The molecule has 2 aromatic rings. The van der Waals surface area contributed by atoms with E-state index in [0.29, 0.717) is 0 Å². The van der Waals surface area contributed by atoms with Gasteiger partial charge in [0.05, 0.1) is 10.0 Å². The molecule has 1 aromatic heterocycles. The van der Waals surface area contributed by atoms with E-state index in [0.717, 1.165) is 17.1 Å². The summed E-state index contributed by atoms with van der Waals surface area (Å²) in [4.78, 5) is 0. The van der Waals surface area contributed by atoms with Crippen LogP contribution >= 0.6 is 23.2 Å². The van der Waals surface area contributed by atoms with Gasteiger partial charge in [0, 0.05) is 17.1 Å². The van der Waals surface area contributed by atoms with Crippen LogP contribution in [0.25, 0.3) is 5.69 Å². The van der Waals surface area contributed by atoms with Gasteiger partial charge in [0.1, 0.15) is 0 Å². The number of rotatable bonds is 4. The number of aromatic nitrogens is 1. The van der Waals surface area contributed by atoms with Crippen LogP contribution in [-0.4, -0.2) is 16.1 Å². The lowest BCUT2D eigenvalue weighted by Gasteiger charge is -2.17. The Morgan fingerprint density at radius 2 is 1.70 bits per heavy atom. The molecule has 0 aliphatic carbocycles. The van der Waals surface area contributed by atoms with E-state index < -0.39 is 6.41 Å². The summed E-state index contributed by atoms with van der Waals surface area (Å²) in [6, 6.07) is 7.44. The van der Waals surface area contributed by atoms with E-state index in [1.807, 2.05) is 36.0 Å². The number of halogens is 2. The molecule has 0 bridgehead atoms. The fourth-order valence-electron chi connectivity index (χ4n) is 2.01. The number of aliphatic hydroxyl groups is 1. The molecule has 0 saturated carbocycles. The molecule has 20 heavy (non-hydrogen) atoms. The van der Waals surface area contributed by atoms with Gasteiger partial charge in [0.15, 0.2) is 5.75 Å². The number of nitrogens with two attached hydrogens (primary N) is 1. The first-order valence-electron chi connectivity index (χ1n) is 5.89. The quantitative estimate of drug-likeness (QED) is 0.460. The maximum absolute atomic E-state index is 9.32. The Hall–Kier alpha value is -1.24. The van der Waals surface area contributed by atoms with E-state index in [4.69, 9.17) is 33.8 Å². The number of ether oxygens (including phenoxy) is 1. The van der Waals surface area contributed by atoms with Crippen molar-refractivity contribution in [2.75, 3.05) is 0 Å². The van der Waals surface area contributed by atoms with Gasteiger partial charge in [-0.2, -0.15) is 5.43 Å². The Bertz CT molecular complexity index is 586. The first-order valence-corrected chi connectivity index (χ1v) is 6.65. The summed E-state index contributed by atoms with van der Waals surface area (Å²) >= 11 is 12.3. The van der Waals surface area contributed by atoms with Gasteiger partial charge in [-0.15, -0.1) is 0 Å². The molecule has 108 valence electrons. The van der Waals surface area contributed by atoms with E-state index in [1.165, 1.54) is 0 Å². The molecule has 0 aliphatic rings. The summed E-state index contributed by atoms with van der Waals surface area (Å²) in [7, 11) is 0. The minimum atomic E-state index is -1.38. The fraction of sp³-hybridized carbons (Fsp3) is 0.231. The number of aryl methyl sites for hydroxylation is 2. The highest BCUT2D eigenvalue weighted by molar-refractivity contribution is 6.37. The number of nitrogens with one attached hydrogen (secondary N) is 1. The normalized spacial score (nSPS) is 12.5. The van der Waals surface area contributed by atoms with Crippen molar-refractivity contribution in [3.63, 3.8) is 0 Å². The number of hydrogen-bond acceptors (Lipinski definition) is 4. The van der Waals surface area contributed by atoms with Gasteiger partial charge < -0.3 is 14.4 Å². The molecule has 2 rings (SSSR count). The maximum atomic E-state index is 9.32. The van der Waals surface area contributed by atoms with Crippen molar-refractivity contribution < 1.29 is 9.84 Å². The van der Waals surface area contributed by atoms with E-state index in [9.17, 15) is 5.11 Å². The highest BCUT2D eigenvalue weighted by Gasteiger charge is 2.15. The standard InChI is InChI=1S/C13H15Cl2N3O2/c1-7-3-4-8(2)18(7)9-5-10(14)12(11(15)6-9)20-13(19)17-16/h3-6,13,17,19H,16H2,1-2H3.